The lowest BCUT2D eigenvalue weighted by Gasteiger charge is -2.22. The van der Waals surface area contributed by atoms with E-state index in [2.05, 4.69) is 26.1 Å². The number of aryl methyl sites for hydroxylation is 1. The lowest BCUT2D eigenvalue weighted by Crippen LogP contribution is -2.46. The number of H-pyrrole nitrogens is 1. The van der Waals surface area contributed by atoms with Gasteiger partial charge < -0.3 is 16.0 Å². The van der Waals surface area contributed by atoms with Crippen LogP contribution in [0.25, 0.3) is 0 Å². The lowest BCUT2D eigenvalue weighted by atomic mass is 9.94. The van der Waals surface area contributed by atoms with Gasteiger partial charge in [0.1, 0.15) is 0 Å². The van der Waals surface area contributed by atoms with E-state index in [1.165, 1.54) is 5.56 Å². The maximum atomic E-state index is 11.9. The molecule has 1 aliphatic rings. The molecule has 0 bridgehead atoms. The Balaban J connectivity index is 1.41. The highest BCUT2D eigenvalue weighted by molar-refractivity contribution is 6.30. The molecule has 1 heterocycles. The molecular formula is C16H18ClN5O2. The molecule has 8 heteroatoms. The van der Waals surface area contributed by atoms with Crippen molar-refractivity contribution in [3.63, 3.8) is 0 Å². The van der Waals surface area contributed by atoms with Gasteiger partial charge in [-0.15, -0.1) is 0 Å². The third kappa shape index (κ3) is 4.26. The molecule has 1 aromatic heterocycles. The number of nitrogens with one attached hydrogen (secondary N) is 4. The molecule has 24 heavy (non-hydrogen) atoms. The number of carbonyl (C=O) groups excluding carboxylic acids is 2. The van der Waals surface area contributed by atoms with Gasteiger partial charge in [0.2, 0.25) is 5.91 Å². The number of halogens is 1. The van der Waals surface area contributed by atoms with Gasteiger partial charge in [0.05, 0.1) is 12.7 Å². The van der Waals surface area contributed by atoms with E-state index in [0.29, 0.717) is 10.7 Å². The number of nitrogens with zero attached hydrogens (tertiary/aromatic N) is 1. The van der Waals surface area contributed by atoms with Crippen molar-refractivity contribution in [3.05, 3.63) is 46.7 Å². The minimum atomic E-state index is -0.353. The Bertz CT molecular complexity index is 728. The number of carbonyl (C=O) groups is 2. The van der Waals surface area contributed by atoms with Crippen molar-refractivity contribution in [2.75, 3.05) is 11.9 Å². The fraction of sp³-hybridized carbons (Fsp3) is 0.312. The molecule has 3 rings (SSSR count). The number of benzene rings is 1. The number of fused-ring (bicyclic) bond motifs is 1. The highest BCUT2D eigenvalue weighted by Gasteiger charge is 2.21. The summed E-state index contributed by atoms with van der Waals surface area (Å²) < 4.78 is 0. The first-order chi connectivity index (χ1) is 11.6. The van der Waals surface area contributed by atoms with Crippen LogP contribution in [0.5, 0.6) is 0 Å². The predicted molar refractivity (Wildman–Crippen MR) is 91.0 cm³/mol. The largest absolute Gasteiger partial charge is 0.335 e. The average Bonchev–Trinajstić information content (AvgIpc) is 3.03. The van der Waals surface area contributed by atoms with Gasteiger partial charge in [0.15, 0.2) is 0 Å². The summed E-state index contributed by atoms with van der Waals surface area (Å²) in [4.78, 5) is 23.7. The Labute approximate surface area is 144 Å². The van der Waals surface area contributed by atoms with Gasteiger partial charge >= 0.3 is 6.03 Å². The number of aromatic amines is 1. The summed E-state index contributed by atoms with van der Waals surface area (Å²) in [5, 5.41) is 15.7. The van der Waals surface area contributed by atoms with Gasteiger partial charge in [-0.2, -0.15) is 5.10 Å². The second-order valence-electron chi connectivity index (χ2n) is 5.70. The molecule has 0 saturated carbocycles. The van der Waals surface area contributed by atoms with Crippen LogP contribution in [0.15, 0.2) is 30.5 Å². The maximum Gasteiger partial charge on any atom is 0.315 e. The zero-order valence-electron chi connectivity index (χ0n) is 12.9. The number of urea groups is 1. The molecule has 0 saturated heterocycles. The third-order valence-corrected chi connectivity index (χ3v) is 4.14. The van der Waals surface area contributed by atoms with Crippen molar-refractivity contribution in [1.82, 2.24) is 20.8 Å². The van der Waals surface area contributed by atoms with Crippen LogP contribution in [0, 0.1) is 0 Å². The SMILES string of the molecule is O=C(CNC(=O)N[C@@H]1CCc2cn[nH]c2C1)Nc1ccc(Cl)cc1. The Morgan fingerprint density at radius 2 is 2.08 bits per heavy atom. The molecule has 1 aromatic carbocycles. The molecule has 1 atom stereocenters. The molecule has 2 aromatic rings. The zero-order chi connectivity index (χ0) is 16.9. The van der Waals surface area contributed by atoms with Crippen molar-refractivity contribution in [3.8, 4) is 0 Å². The second kappa shape index (κ2) is 7.35. The zero-order valence-corrected chi connectivity index (χ0v) is 13.7. The Kier molecular flexibility index (Phi) is 5.00. The molecule has 0 fully saturated rings. The van der Waals surface area contributed by atoms with Gasteiger partial charge in [-0.1, -0.05) is 11.6 Å². The van der Waals surface area contributed by atoms with Gasteiger partial charge in [0.25, 0.3) is 0 Å². The van der Waals surface area contributed by atoms with Crippen LogP contribution >= 0.6 is 11.6 Å². The minimum Gasteiger partial charge on any atom is -0.335 e. The number of aromatic nitrogens is 2. The van der Waals surface area contributed by atoms with E-state index in [1.54, 1.807) is 24.3 Å². The van der Waals surface area contributed by atoms with Crippen LogP contribution in [-0.4, -0.2) is 34.7 Å². The molecule has 0 radical (unpaired) electrons. The molecule has 7 nitrogen and oxygen atoms in total. The molecule has 3 amide bonds. The molecular weight excluding hydrogens is 330 g/mol. The van der Waals surface area contributed by atoms with E-state index in [4.69, 9.17) is 11.6 Å². The molecule has 0 aliphatic heterocycles. The van der Waals surface area contributed by atoms with Crippen molar-refractivity contribution in [2.24, 2.45) is 0 Å². The van der Waals surface area contributed by atoms with Crippen LogP contribution < -0.4 is 16.0 Å². The summed E-state index contributed by atoms with van der Waals surface area (Å²) in [6.45, 7) is -0.101. The summed E-state index contributed by atoms with van der Waals surface area (Å²) in [6.07, 6.45) is 4.29. The first-order valence-corrected chi connectivity index (χ1v) is 8.09. The Morgan fingerprint density at radius 3 is 2.88 bits per heavy atom. The molecule has 4 N–H and O–H groups in total. The first-order valence-electron chi connectivity index (χ1n) is 7.71. The molecule has 126 valence electrons. The van der Waals surface area contributed by atoms with E-state index in [9.17, 15) is 9.59 Å². The summed E-state index contributed by atoms with van der Waals surface area (Å²) >= 11 is 5.78. The fourth-order valence-corrected chi connectivity index (χ4v) is 2.79. The normalized spacial score (nSPS) is 16.1. The van der Waals surface area contributed by atoms with Gasteiger partial charge in [-0.05, 0) is 42.7 Å². The summed E-state index contributed by atoms with van der Waals surface area (Å²) in [6, 6.07) is 6.45. The van der Waals surface area contributed by atoms with Gasteiger partial charge in [-0.25, -0.2) is 4.79 Å². The minimum absolute atomic E-state index is 0.0391. The quantitative estimate of drug-likeness (QED) is 0.679. The maximum absolute atomic E-state index is 11.9. The number of amides is 3. The highest BCUT2D eigenvalue weighted by Crippen LogP contribution is 2.18. The number of hydrogen-bond donors (Lipinski definition) is 4. The standard InChI is InChI=1S/C16H18ClN5O2/c17-11-2-5-12(6-3-11)20-15(23)9-18-16(24)21-13-4-1-10-8-19-22-14(10)7-13/h2-3,5-6,8,13H,1,4,7,9H2,(H,19,22)(H,20,23)(H2,18,21,24)/t13-/m1/s1. The number of anilines is 1. The lowest BCUT2D eigenvalue weighted by molar-refractivity contribution is -0.115. The third-order valence-electron chi connectivity index (χ3n) is 3.89. The van der Waals surface area contributed by atoms with Crippen LogP contribution in [0.3, 0.4) is 0 Å². The summed E-state index contributed by atoms with van der Waals surface area (Å²) in [5.41, 5.74) is 2.90. The van der Waals surface area contributed by atoms with E-state index >= 15 is 0 Å². The smallest absolute Gasteiger partial charge is 0.315 e. The first kappa shape index (κ1) is 16.3. The molecule has 0 unspecified atom stereocenters. The monoisotopic (exact) mass is 347 g/mol. The summed E-state index contributed by atoms with van der Waals surface area (Å²) in [7, 11) is 0. The molecule has 0 spiro atoms. The van der Waals surface area contributed by atoms with E-state index in [1.807, 2.05) is 6.20 Å². The highest BCUT2D eigenvalue weighted by atomic mass is 35.5. The van der Waals surface area contributed by atoms with Crippen LogP contribution in [0.1, 0.15) is 17.7 Å². The van der Waals surface area contributed by atoms with Crippen molar-refractivity contribution in [2.45, 2.75) is 25.3 Å². The average molecular weight is 348 g/mol. The second-order valence-corrected chi connectivity index (χ2v) is 6.13. The van der Waals surface area contributed by atoms with Gasteiger partial charge in [0, 0.05) is 28.9 Å². The topological polar surface area (TPSA) is 98.9 Å². The van der Waals surface area contributed by atoms with Crippen molar-refractivity contribution < 1.29 is 9.59 Å². The molecule has 1 aliphatic carbocycles. The van der Waals surface area contributed by atoms with Crippen LogP contribution in [0.4, 0.5) is 10.5 Å². The number of hydrogen-bond acceptors (Lipinski definition) is 3. The van der Waals surface area contributed by atoms with E-state index < -0.39 is 0 Å². The Morgan fingerprint density at radius 1 is 1.29 bits per heavy atom. The summed E-state index contributed by atoms with van der Waals surface area (Å²) in [5.74, 6) is -0.299. The van der Waals surface area contributed by atoms with Gasteiger partial charge in [-0.3, -0.25) is 9.89 Å². The van der Waals surface area contributed by atoms with Crippen molar-refractivity contribution >= 4 is 29.2 Å². The van der Waals surface area contributed by atoms with E-state index in [-0.39, 0.29) is 24.5 Å². The van der Waals surface area contributed by atoms with Crippen LogP contribution in [-0.2, 0) is 17.6 Å². The van der Waals surface area contributed by atoms with Crippen molar-refractivity contribution in [1.29, 1.82) is 0 Å². The van der Waals surface area contributed by atoms with Crippen LogP contribution in [0.2, 0.25) is 5.02 Å². The Hall–Kier alpha value is -2.54. The fourth-order valence-electron chi connectivity index (χ4n) is 2.67. The predicted octanol–water partition coefficient (Wildman–Crippen LogP) is 1.86. The van der Waals surface area contributed by atoms with E-state index in [0.717, 1.165) is 25.0 Å². The number of rotatable bonds is 4.